The van der Waals surface area contributed by atoms with Crippen LogP contribution in [-0.4, -0.2) is 25.2 Å². The van der Waals surface area contributed by atoms with Crippen molar-refractivity contribution >= 4 is 18.4 Å². The van der Waals surface area contributed by atoms with Crippen LogP contribution in [-0.2, 0) is 4.74 Å². The van der Waals surface area contributed by atoms with Gasteiger partial charge < -0.3 is 14.5 Å². The van der Waals surface area contributed by atoms with E-state index in [-0.39, 0.29) is 24.1 Å². The van der Waals surface area contributed by atoms with Crippen LogP contribution >= 0.6 is 12.4 Å². The molecule has 2 heterocycles. The Labute approximate surface area is 107 Å². The summed E-state index contributed by atoms with van der Waals surface area (Å²) in [5.41, 5.74) is 0. The van der Waals surface area contributed by atoms with Crippen molar-refractivity contribution in [3.63, 3.8) is 0 Å². The standard InChI is InChI=1S/C12H17NO3.ClH/c14-12(11-5-3-8-15-11)16-9-6-10-4-1-2-7-13-10;/h3,5,8,10,13H,1-2,4,6-7,9H2;1H. The van der Waals surface area contributed by atoms with Gasteiger partial charge in [0.05, 0.1) is 12.9 Å². The second kappa shape index (κ2) is 7.35. The fourth-order valence-electron chi connectivity index (χ4n) is 1.93. The van der Waals surface area contributed by atoms with Crippen LogP contribution in [0.4, 0.5) is 0 Å². The Bertz CT molecular complexity index is 321. The number of nitrogens with one attached hydrogen (secondary N) is 1. The molecule has 0 amide bonds. The molecule has 1 fully saturated rings. The first kappa shape index (κ1) is 14.1. The van der Waals surface area contributed by atoms with Crippen molar-refractivity contribution in [3.05, 3.63) is 24.2 Å². The van der Waals surface area contributed by atoms with E-state index in [1.54, 1.807) is 12.1 Å². The number of rotatable bonds is 4. The molecule has 96 valence electrons. The van der Waals surface area contributed by atoms with Gasteiger partial charge in [-0.25, -0.2) is 4.79 Å². The van der Waals surface area contributed by atoms with Crippen LogP contribution in [0, 0.1) is 0 Å². The van der Waals surface area contributed by atoms with Crippen LogP contribution < -0.4 is 5.32 Å². The Morgan fingerprint density at radius 1 is 1.53 bits per heavy atom. The highest BCUT2D eigenvalue weighted by Crippen LogP contribution is 2.10. The second-order valence-electron chi connectivity index (χ2n) is 4.05. The predicted octanol–water partition coefficient (Wildman–Crippen LogP) is 2.39. The molecule has 5 heteroatoms. The highest BCUT2D eigenvalue weighted by Gasteiger charge is 2.14. The average Bonchev–Trinajstić information content (AvgIpc) is 2.84. The minimum atomic E-state index is -0.374. The largest absolute Gasteiger partial charge is 0.460 e. The van der Waals surface area contributed by atoms with Gasteiger partial charge in [-0.05, 0) is 37.9 Å². The number of ether oxygens (including phenoxy) is 1. The molecule has 1 N–H and O–H groups in total. The number of esters is 1. The zero-order valence-corrected chi connectivity index (χ0v) is 10.5. The summed E-state index contributed by atoms with van der Waals surface area (Å²) >= 11 is 0. The summed E-state index contributed by atoms with van der Waals surface area (Å²) in [5.74, 6) is -0.0996. The van der Waals surface area contributed by atoms with E-state index in [9.17, 15) is 4.79 Å². The van der Waals surface area contributed by atoms with Crippen LogP contribution in [0.3, 0.4) is 0 Å². The van der Waals surface area contributed by atoms with Crippen molar-refractivity contribution in [2.75, 3.05) is 13.2 Å². The molecule has 4 nitrogen and oxygen atoms in total. The molecule has 0 aromatic carbocycles. The van der Waals surface area contributed by atoms with E-state index in [4.69, 9.17) is 9.15 Å². The molecule has 0 bridgehead atoms. The first-order chi connectivity index (χ1) is 7.86. The Hall–Kier alpha value is -1.00. The molecular weight excluding hydrogens is 242 g/mol. The summed E-state index contributed by atoms with van der Waals surface area (Å²) in [4.78, 5) is 11.4. The van der Waals surface area contributed by atoms with E-state index in [1.165, 1.54) is 25.5 Å². The summed E-state index contributed by atoms with van der Waals surface area (Å²) in [5, 5.41) is 3.41. The zero-order valence-electron chi connectivity index (χ0n) is 9.69. The van der Waals surface area contributed by atoms with Crippen LogP contribution in [0.5, 0.6) is 0 Å². The van der Waals surface area contributed by atoms with Gasteiger partial charge in [-0.3, -0.25) is 0 Å². The van der Waals surface area contributed by atoms with Crippen LogP contribution in [0.2, 0.25) is 0 Å². The summed E-state index contributed by atoms with van der Waals surface area (Å²) in [6.45, 7) is 1.54. The van der Waals surface area contributed by atoms with E-state index in [1.807, 2.05) is 0 Å². The van der Waals surface area contributed by atoms with Crippen molar-refractivity contribution in [1.29, 1.82) is 0 Å². The van der Waals surface area contributed by atoms with Crippen molar-refractivity contribution in [2.24, 2.45) is 0 Å². The molecule has 1 saturated heterocycles. The molecule has 1 atom stereocenters. The summed E-state index contributed by atoms with van der Waals surface area (Å²) in [6, 6.07) is 3.79. The van der Waals surface area contributed by atoms with E-state index < -0.39 is 0 Å². The fraction of sp³-hybridized carbons (Fsp3) is 0.583. The van der Waals surface area contributed by atoms with Gasteiger partial charge in [0.15, 0.2) is 0 Å². The number of hydrogen-bond acceptors (Lipinski definition) is 4. The lowest BCUT2D eigenvalue weighted by Gasteiger charge is -2.22. The van der Waals surface area contributed by atoms with Gasteiger partial charge in [-0.15, -0.1) is 12.4 Å². The third kappa shape index (κ3) is 4.40. The highest BCUT2D eigenvalue weighted by molar-refractivity contribution is 5.86. The molecule has 2 rings (SSSR count). The van der Waals surface area contributed by atoms with Crippen LogP contribution in [0.1, 0.15) is 36.2 Å². The van der Waals surface area contributed by atoms with Gasteiger partial charge in [0.25, 0.3) is 0 Å². The number of piperidine rings is 1. The summed E-state index contributed by atoms with van der Waals surface area (Å²) < 4.78 is 10.1. The number of hydrogen-bond donors (Lipinski definition) is 1. The molecule has 1 aliphatic rings. The van der Waals surface area contributed by atoms with Gasteiger partial charge in [-0.2, -0.15) is 0 Å². The topological polar surface area (TPSA) is 51.5 Å². The molecule has 1 unspecified atom stereocenters. The Morgan fingerprint density at radius 3 is 3.06 bits per heavy atom. The van der Waals surface area contributed by atoms with E-state index in [0.29, 0.717) is 12.6 Å². The first-order valence-electron chi connectivity index (χ1n) is 5.80. The minimum Gasteiger partial charge on any atom is -0.460 e. The van der Waals surface area contributed by atoms with Gasteiger partial charge in [0.2, 0.25) is 5.76 Å². The van der Waals surface area contributed by atoms with Gasteiger partial charge in [0, 0.05) is 6.04 Å². The highest BCUT2D eigenvalue weighted by atomic mass is 35.5. The smallest absolute Gasteiger partial charge is 0.374 e. The van der Waals surface area contributed by atoms with E-state index >= 15 is 0 Å². The number of carbonyl (C=O) groups excluding carboxylic acids is 1. The zero-order chi connectivity index (χ0) is 11.2. The van der Waals surface area contributed by atoms with Crippen LogP contribution in [0.15, 0.2) is 22.8 Å². The SMILES string of the molecule is Cl.O=C(OCCC1CCCCN1)c1ccco1. The number of furan rings is 1. The maximum atomic E-state index is 11.4. The van der Waals surface area contributed by atoms with E-state index in [0.717, 1.165) is 13.0 Å². The first-order valence-corrected chi connectivity index (χ1v) is 5.80. The Balaban J connectivity index is 0.00000144. The molecule has 0 saturated carbocycles. The molecular formula is C12H18ClNO3. The average molecular weight is 260 g/mol. The molecule has 0 aliphatic carbocycles. The van der Waals surface area contributed by atoms with Crippen molar-refractivity contribution in [1.82, 2.24) is 5.32 Å². The normalized spacial score (nSPS) is 19.4. The predicted molar refractivity (Wildman–Crippen MR) is 66.5 cm³/mol. The van der Waals surface area contributed by atoms with Gasteiger partial charge in [-0.1, -0.05) is 6.42 Å². The summed E-state index contributed by atoms with van der Waals surface area (Å²) in [6.07, 6.45) is 6.05. The van der Waals surface area contributed by atoms with E-state index in [2.05, 4.69) is 5.32 Å². The maximum Gasteiger partial charge on any atom is 0.374 e. The molecule has 17 heavy (non-hydrogen) atoms. The quantitative estimate of drug-likeness (QED) is 0.844. The second-order valence-corrected chi connectivity index (χ2v) is 4.05. The third-order valence-electron chi connectivity index (χ3n) is 2.83. The fourth-order valence-corrected chi connectivity index (χ4v) is 1.93. The van der Waals surface area contributed by atoms with Crippen molar-refractivity contribution in [3.8, 4) is 0 Å². The molecule has 1 aromatic rings. The molecule has 0 radical (unpaired) electrons. The third-order valence-corrected chi connectivity index (χ3v) is 2.83. The lowest BCUT2D eigenvalue weighted by atomic mass is 10.0. The Kier molecular flexibility index (Phi) is 6.08. The maximum absolute atomic E-state index is 11.4. The minimum absolute atomic E-state index is 0. The summed E-state index contributed by atoms with van der Waals surface area (Å²) in [7, 11) is 0. The number of halogens is 1. The molecule has 1 aliphatic heterocycles. The monoisotopic (exact) mass is 259 g/mol. The molecule has 0 spiro atoms. The lowest BCUT2D eigenvalue weighted by molar-refractivity contribution is 0.0450. The Morgan fingerprint density at radius 2 is 2.41 bits per heavy atom. The van der Waals surface area contributed by atoms with Crippen LogP contribution in [0.25, 0.3) is 0 Å². The number of carbonyl (C=O) groups is 1. The van der Waals surface area contributed by atoms with Gasteiger partial charge in [0.1, 0.15) is 0 Å². The molecule has 1 aromatic heterocycles. The lowest BCUT2D eigenvalue weighted by Crippen LogP contribution is -2.34. The van der Waals surface area contributed by atoms with Crippen molar-refractivity contribution < 1.29 is 13.9 Å². The van der Waals surface area contributed by atoms with Gasteiger partial charge >= 0.3 is 5.97 Å². The van der Waals surface area contributed by atoms with Crippen molar-refractivity contribution in [2.45, 2.75) is 31.7 Å².